The van der Waals surface area contributed by atoms with Gasteiger partial charge in [-0.25, -0.2) is 15.9 Å². The minimum atomic E-state index is -0.404. The van der Waals surface area contributed by atoms with Crippen molar-refractivity contribution >= 4 is 33.0 Å². The van der Waals surface area contributed by atoms with Gasteiger partial charge in [0.25, 0.3) is 0 Å². The van der Waals surface area contributed by atoms with Crippen molar-refractivity contribution in [2.75, 3.05) is 6.26 Å². The molecule has 0 aliphatic rings. The van der Waals surface area contributed by atoms with Gasteiger partial charge in [-0.15, -0.1) is 0 Å². The Morgan fingerprint density at radius 2 is 1.69 bits per heavy atom. The van der Waals surface area contributed by atoms with Crippen molar-refractivity contribution < 1.29 is 0 Å². The molecule has 0 fully saturated rings. The third-order valence-electron chi connectivity index (χ3n) is 4.53. The Labute approximate surface area is 156 Å². The molecule has 4 aromatic rings. The van der Waals surface area contributed by atoms with E-state index in [9.17, 15) is 0 Å². The zero-order valence-corrected chi connectivity index (χ0v) is 16.1. The first-order valence-electron chi connectivity index (χ1n) is 8.77. The Hall–Kier alpha value is -2.53. The lowest BCUT2D eigenvalue weighted by Gasteiger charge is -2.16. The van der Waals surface area contributed by atoms with E-state index in [1.807, 2.05) is 24.5 Å². The van der Waals surface area contributed by atoms with E-state index in [-0.39, 0.29) is 0 Å². The van der Waals surface area contributed by atoms with E-state index >= 15 is 0 Å². The van der Waals surface area contributed by atoms with E-state index in [1.54, 1.807) is 6.20 Å². The molecule has 4 rings (SSSR count). The molecule has 0 N–H and O–H groups in total. The number of aromatic nitrogens is 4. The Kier molecular flexibility index (Phi) is 4.55. The molecule has 0 amide bonds. The van der Waals surface area contributed by atoms with Crippen LogP contribution in [0.25, 0.3) is 22.1 Å². The Morgan fingerprint density at radius 3 is 2.54 bits per heavy atom. The van der Waals surface area contributed by atoms with Crippen LogP contribution in [0.3, 0.4) is 0 Å². The zero-order chi connectivity index (χ0) is 18.1. The summed E-state index contributed by atoms with van der Waals surface area (Å²) in [6.45, 7) is 4.35. The molecule has 0 saturated heterocycles. The minimum absolute atomic E-state index is 0.404. The second-order valence-corrected chi connectivity index (χ2v) is 9.04. The summed E-state index contributed by atoms with van der Waals surface area (Å²) in [6, 6.07) is 12.4. The molecule has 0 saturated carbocycles. The van der Waals surface area contributed by atoms with Gasteiger partial charge in [0.05, 0.1) is 27.1 Å². The predicted octanol–water partition coefficient (Wildman–Crippen LogP) is 4.89. The van der Waals surface area contributed by atoms with Gasteiger partial charge < -0.3 is 0 Å². The van der Waals surface area contributed by atoms with Crippen molar-refractivity contribution in [3.8, 4) is 0 Å². The highest BCUT2D eigenvalue weighted by atomic mass is 32.2. The van der Waals surface area contributed by atoms with Crippen LogP contribution in [-0.4, -0.2) is 26.2 Å². The molecule has 1 atom stereocenters. The highest BCUT2D eigenvalue weighted by molar-refractivity contribution is 8.15. The van der Waals surface area contributed by atoms with Crippen molar-refractivity contribution in [2.45, 2.75) is 30.5 Å². The fourth-order valence-electron chi connectivity index (χ4n) is 2.98. The fourth-order valence-corrected chi connectivity index (χ4v) is 4.47. The molecule has 0 aromatic carbocycles. The van der Waals surface area contributed by atoms with Gasteiger partial charge in [-0.05, 0) is 59.7 Å². The lowest BCUT2D eigenvalue weighted by atomic mass is 10.1. The van der Waals surface area contributed by atoms with Crippen molar-refractivity contribution in [3.05, 3.63) is 66.1 Å². The predicted molar refractivity (Wildman–Crippen MR) is 110 cm³/mol. The summed E-state index contributed by atoms with van der Waals surface area (Å²) in [5.41, 5.74) is 6.27. The fraction of sp³-hybridized carbons (Fsp3) is 0.238. The summed E-state index contributed by atoms with van der Waals surface area (Å²) >= 11 is 0. The Balaban J connectivity index is 1.59. The molecule has 0 bridgehead atoms. The van der Waals surface area contributed by atoms with Gasteiger partial charge in [0.15, 0.2) is 0 Å². The highest BCUT2D eigenvalue weighted by Crippen LogP contribution is 2.35. The largest absolute Gasteiger partial charge is 0.255 e. The SMILES string of the molecule is CC(C)c1cnc2cc(C[SH](C)c3ccc4ncccc4n3)cnc2c1. The van der Waals surface area contributed by atoms with Crippen LogP contribution < -0.4 is 0 Å². The van der Waals surface area contributed by atoms with Gasteiger partial charge in [0.2, 0.25) is 0 Å². The van der Waals surface area contributed by atoms with Crippen molar-refractivity contribution in [3.63, 3.8) is 0 Å². The number of rotatable bonds is 4. The summed E-state index contributed by atoms with van der Waals surface area (Å²) in [4.78, 5) is 18.4. The molecular formula is C21H22N4S. The van der Waals surface area contributed by atoms with Gasteiger partial charge in [0.1, 0.15) is 0 Å². The Morgan fingerprint density at radius 1 is 0.885 bits per heavy atom. The number of hydrogen-bond donors (Lipinski definition) is 1. The van der Waals surface area contributed by atoms with E-state index in [0.717, 1.165) is 32.8 Å². The maximum Gasteiger partial charge on any atom is 0.0899 e. The summed E-state index contributed by atoms with van der Waals surface area (Å²) in [7, 11) is -0.404. The first kappa shape index (κ1) is 16.9. The average Bonchev–Trinajstić information content (AvgIpc) is 2.67. The number of pyridine rings is 4. The van der Waals surface area contributed by atoms with E-state index < -0.39 is 10.9 Å². The molecule has 5 heteroatoms. The van der Waals surface area contributed by atoms with E-state index in [1.165, 1.54) is 11.1 Å². The number of thiol groups is 1. The third kappa shape index (κ3) is 3.40. The molecule has 4 heterocycles. The van der Waals surface area contributed by atoms with E-state index in [0.29, 0.717) is 5.92 Å². The first-order valence-corrected chi connectivity index (χ1v) is 10.7. The minimum Gasteiger partial charge on any atom is -0.255 e. The molecule has 4 nitrogen and oxygen atoms in total. The normalized spacial score (nSPS) is 13.5. The third-order valence-corrected chi connectivity index (χ3v) is 6.40. The summed E-state index contributed by atoms with van der Waals surface area (Å²) in [5.74, 6) is 1.41. The van der Waals surface area contributed by atoms with Gasteiger partial charge in [-0.3, -0.25) is 15.0 Å². The summed E-state index contributed by atoms with van der Waals surface area (Å²) < 4.78 is 0. The molecule has 0 radical (unpaired) electrons. The second-order valence-electron chi connectivity index (χ2n) is 6.87. The van der Waals surface area contributed by atoms with Crippen LogP contribution in [0, 0.1) is 0 Å². The summed E-state index contributed by atoms with van der Waals surface area (Å²) in [6.07, 6.45) is 8.01. The number of hydrogen-bond acceptors (Lipinski definition) is 4. The first-order chi connectivity index (χ1) is 12.6. The molecule has 1 unspecified atom stereocenters. The van der Waals surface area contributed by atoms with Crippen molar-refractivity contribution in [1.29, 1.82) is 0 Å². The molecule has 0 aliphatic carbocycles. The number of nitrogens with zero attached hydrogens (tertiary/aromatic N) is 4. The quantitative estimate of drug-likeness (QED) is 0.525. The molecule has 132 valence electrons. The zero-order valence-electron chi connectivity index (χ0n) is 15.2. The van der Waals surface area contributed by atoms with Crippen LogP contribution in [0.1, 0.15) is 30.9 Å². The monoisotopic (exact) mass is 362 g/mol. The topological polar surface area (TPSA) is 51.6 Å². The van der Waals surface area contributed by atoms with Gasteiger partial charge in [-0.2, -0.15) is 0 Å². The standard InChI is InChI=1S/C21H22N4S/c1-14(2)16-10-20-19(24-12-16)9-15(11-23-20)13-26(3)21-7-6-17-18(25-21)5-4-8-22-17/h4-12,14,26H,13H2,1-3H3. The highest BCUT2D eigenvalue weighted by Gasteiger charge is 2.09. The second kappa shape index (κ2) is 7.00. The number of fused-ring (bicyclic) bond motifs is 2. The lowest BCUT2D eigenvalue weighted by molar-refractivity contribution is 0.861. The molecule has 0 spiro atoms. The van der Waals surface area contributed by atoms with Crippen LogP contribution in [-0.2, 0) is 5.75 Å². The molecular weight excluding hydrogens is 340 g/mol. The molecule has 4 aromatic heterocycles. The molecule has 0 aliphatic heterocycles. The maximum atomic E-state index is 4.79. The van der Waals surface area contributed by atoms with Crippen LogP contribution in [0.4, 0.5) is 0 Å². The van der Waals surface area contributed by atoms with E-state index in [4.69, 9.17) is 4.98 Å². The van der Waals surface area contributed by atoms with Gasteiger partial charge in [0, 0.05) is 24.3 Å². The van der Waals surface area contributed by atoms with Crippen LogP contribution in [0.15, 0.2) is 60.0 Å². The van der Waals surface area contributed by atoms with Crippen LogP contribution in [0.5, 0.6) is 0 Å². The molecule has 26 heavy (non-hydrogen) atoms. The Bertz CT molecular complexity index is 1080. The van der Waals surface area contributed by atoms with Crippen molar-refractivity contribution in [2.24, 2.45) is 0 Å². The summed E-state index contributed by atoms with van der Waals surface area (Å²) in [5, 5.41) is 1.14. The van der Waals surface area contributed by atoms with Gasteiger partial charge in [-0.1, -0.05) is 13.8 Å². The maximum absolute atomic E-state index is 4.79. The van der Waals surface area contributed by atoms with Crippen molar-refractivity contribution in [1.82, 2.24) is 19.9 Å². The van der Waals surface area contributed by atoms with Crippen LogP contribution in [0.2, 0.25) is 0 Å². The van der Waals surface area contributed by atoms with Gasteiger partial charge >= 0.3 is 0 Å². The van der Waals surface area contributed by atoms with Crippen LogP contribution >= 0.6 is 10.9 Å². The lowest BCUT2D eigenvalue weighted by Crippen LogP contribution is -1.95. The average molecular weight is 363 g/mol. The van der Waals surface area contributed by atoms with E-state index in [2.05, 4.69) is 59.3 Å². The smallest absolute Gasteiger partial charge is 0.0899 e.